The minimum Gasteiger partial charge on any atom is -0.379 e. The second kappa shape index (κ2) is 5.23. The zero-order valence-electron chi connectivity index (χ0n) is 11.2. The smallest absolute Gasteiger partial charge is 0.230 e. The molecule has 3 atom stereocenters. The van der Waals surface area contributed by atoms with E-state index in [1.54, 1.807) is 11.3 Å². The van der Waals surface area contributed by atoms with Crippen molar-refractivity contribution in [3.8, 4) is 0 Å². The SMILES string of the molecule is CCC1c2ccsc2CCN1C(=O)C1COCC1N. The van der Waals surface area contributed by atoms with Crippen LogP contribution in [-0.2, 0) is 16.0 Å². The molecule has 2 aliphatic rings. The average Bonchev–Trinajstić information content (AvgIpc) is 3.04. The normalized spacial score (nSPS) is 30.4. The van der Waals surface area contributed by atoms with Crippen LogP contribution in [0.3, 0.4) is 0 Å². The molecule has 0 bridgehead atoms. The monoisotopic (exact) mass is 280 g/mol. The first-order valence-corrected chi connectivity index (χ1v) is 7.80. The number of carbonyl (C=O) groups is 1. The highest BCUT2D eigenvalue weighted by molar-refractivity contribution is 7.10. The number of rotatable bonds is 2. The van der Waals surface area contributed by atoms with E-state index < -0.39 is 0 Å². The molecule has 3 unspecified atom stereocenters. The molecule has 1 fully saturated rings. The van der Waals surface area contributed by atoms with Gasteiger partial charge in [-0.2, -0.15) is 0 Å². The molecule has 3 rings (SSSR count). The Balaban J connectivity index is 1.83. The molecular formula is C14H20N2O2S. The Morgan fingerprint density at radius 2 is 2.42 bits per heavy atom. The fourth-order valence-electron chi connectivity index (χ4n) is 3.14. The summed E-state index contributed by atoms with van der Waals surface area (Å²) in [5.41, 5.74) is 7.31. The molecule has 0 saturated carbocycles. The van der Waals surface area contributed by atoms with Gasteiger partial charge in [0.05, 0.1) is 25.2 Å². The Morgan fingerprint density at radius 3 is 3.11 bits per heavy atom. The number of amides is 1. The van der Waals surface area contributed by atoms with E-state index in [1.165, 1.54) is 10.4 Å². The number of thiophene rings is 1. The van der Waals surface area contributed by atoms with E-state index in [0.717, 1.165) is 19.4 Å². The van der Waals surface area contributed by atoms with Crippen molar-refractivity contribution in [2.24, 2.45) is 11.7 Å². The molecule has 2 aliphatic heterocycles. The van der Waals surface area contributed by atoms with Gasteiger partial charge >= 0.3 is 0 Å². The molecule has 0 radical (unpaired) electrons. The van der Waals surface area contributed by atoms with Crippen molar-refractivity contribution in [3.63, 3.8) is 0 Å². The third kappa shape index (κ3) is 2.20. The van der Waals surface area contributed by atoms with Gasteiger partial charge in [0.15, 0.2) is 0 Å². The number of hydrogen-bond acceptors (Lipinski definition) is 4. The highest BCUT2D eigenvalue weighted by atomic mass is 32.1. The van der Waals surface area contributed by atoms with Gasteiger partial charge in [0, 0.05) is 17.5 Å². The van der Waals surface area contributed by atoms with Gasteiger partial charge < -0.3 is 15.4 Å². The lowest BCUT2D eigenvalue weighted by Crippen LogP contribution is -2.47. The van der Waals surface area contributed by atoms with Crippen molar-refractivity contribution in [1.29, 1.82) is 0 Å². The van der Waals surface area contributed by atoms with Crippen molar-refractivity contribution < 1.29 is 9.53 Å². The van der Waals surface area contributed by atoms with Crippen LogP contribution in [0.4, 0.5) is 0 Å². The molecule has 1 amide bonds. The largest absolute Gasteiger partial charge is 0.379 e. The highest BCUT2D eigenvalue weighted by Crippen LogP contribution is 2.36. The summed E-state index contributed by atoms with van der Waals surface area (Å²) >= 11 is 1.80. The van der Waals surface area contributed by atoms with E-state index in [1.807, 2.05) is 4.90 Å². The minimum atomic E-state index is -0.158. The zero-order chi connectivity index (χ0) is 13.4. The van der Waals surface area contributed by atoms with Crippen LogP contribution in [0.2, 0.25) is 0 Å². The summed E-state index contributed by atoms with van der Waals surface area (Å²) in [5.74, 6) is 0.0166. The lowest BCUT2D eigenvalue weighted by molar-refractivity contribution is -0.138. The van der Waals surface area contributed by atoms with Crippen LogP contribution in [0.25, 0.3) is 0 Å². The quantitative estimate of drug-likeness (QED) is 0.894. The molecular weight excluding hydrogens is 260 g/mol. The predicted molar refractivity (Wildman–Crippen MR) is 75.1 cm³/mol. The Kier molecular flexibility index (Phi) is 3.60. The van der Waals surface area contributed by atoms with E-state index in [2.05, 4.69) is 18.4 Å². The fourth-order valence-corrected chi connectivity index (χ4v) is 4.07. The lowest BCUT2D eigenvalue weighted by Gasteiger charge is -2.37. The maximum absolute atomic E-state index is 12.7. The molecule has 2 N–H and O–H groups in total. The molecule has 0 spiro atoms. The second-order valence-electron chi connectivity index (χ2n) is 5.31. The van der Waals surface area contributed by atoms with Crippen LogP contribution < -0.4 is 5.73 Å². The molecule has 19 heavy (non-hydrogen) atoms. The van der Waals surface area contributed by atoms with Crippen molar-refractivity contribution in [2.75, 3.05) is 19.8 Å². The Morgan fingerprint density at radius 1 is 1.58 bits per heavy atom. The number of nitrogens with two attached hydrogens (primary N) is 1. The first-order chi connectivity index (χ1) is 9.22. The van der Waals surface area contributed by atoms with E-state index in [4.69, 9.17) is 10.5 Å². The van der Waals surface area contributed by atoms with Gasteiger partial charge in [-0.3, -0.25) is 4.79 Å². The molecule has 1 aromatic heterocycles. The zero-order valence-corrected chi connectivity index (χ0v) is 12.0. The summed E-state index contributed by atoms with van der Waals surface area (Å²) in [6.45, 7) is 3.94. The summed E-state index contributed by atoms with van der Waals surface area (Å²) in [6, 6.07) is 2.24. The van der Waals surface area contributed by atoms with Gasteiger partial charge in [-0.25, -0.2) is 0 Å². The van der Waals surface area contributed by atoms with E-state index >= 15 is 0 Å². The molecule has 104 valence electrons. The van der Waals surface area contributed by atoms with Crippen molar-refractivity contribution in [1.82, 2.24) is 4.90 Å². The molecule has 5 heteroatoms. The van der Waals surface area contributed by atoms with E-state index in [0.29, 0.717) is 13.2 Å². The summed E-state index contributed by atoms with van der Waals surface area (Å²) in [4.78, 5) is 16.1. The fraction of sp³-hybridized carbons (Fsp3) is 0.643. The van der Waals surface area contributed by atoms with Gasteiger partial charge in [-0.15, -0.1) is 11.3 Å². The summed E-state index contributed by atoms with van der Waals surface area (Å²) in [6.07, 6.45) is 1.93. The van der Waals surface area contributed by atoms with Crippen molar-refractivity contribution >= 4 is 17.2 Å². The van der Waals surface area contributed by atoms with E-state index in [9.17, 15) is 4.79 Å². The minimum absolute atomic E-state index is 0.145. The van der Waals surface area contributed by atoms with Crippen molar-refractivity contribution in [2.45, 2.75) is 31.8 Å². The van der Waals surface area contributed by atoms with Gasteiger partial charge in [0.2, 0.25) is 5.91 Å². The first-order valence-electron chi connectivity index (χ1n) is 6.92. The summed E-state index contributed by atoms with van der Waals surface area (Å²) in [7, 11) is 0. The van der Waals surface area contributed by atoms with Crippen LogP contribution in [0.15, 0.2) is 11.4 Å². The second-order valence-corrected chi connectivity index (χ2v) is 6.31. The third-order valence-electron chi connectivity index (χ3n) is 4.21. The van der Waals surface area contributed by atoms with Crippen LogP contribution in [0.1, 0.15) is 29.8 Å². The predicted octanol–water partition coefficient (Wildman–Crippen LogP) is 1.56. The average molecular weight is 280 g/mol. The van der Waals surface area contributed by atoms with Crippen molar-refractivity contribution in [3.05, 3.63) is 21.9 Å². The molecule has 1 saturated heterocycles. The van der Waals surface area contributed by atoms with Gasteiger partial charge in [-0.05, 0) is 29.9 Å². The Labute approximate surface area is 117 Å². The van der Waals surface area contributed by atoms with Crippen LogP contribution >= 0.6 is 11.3 Å². The Bertz CT molecular complexity index is 474. The standard InChI is InChI=1S/C14H20N2O2S/c1-2-12-9-4-6-19-13(9)3-5-16(12)14(17)10-7-18-8-11(10)15/h4,6,10-12H,2-3,5,7-8,15H2,1H3. The van der Waals surface area contributed by atoms with Crippen LogP contribution in [0.5, 0.6) is 0 Å². The Hall–Kier alpha value is -0.910. The molecule has 3 heterocycles. The van der Waals surface area contributed by atoms with E-state index in [-0.39, 0.29) is 23.9 Å². The highest BCUT2D eigenvalue weighted by Gasteiger charge is 2.38. The molecule has 4 nitrogen and oxygen atoms in total. The maximum Gasteiger partial charge on any atom is 0.230 e. The molecule has 0 aliphatic carbocycles. The third-order valence-corrected chi connectivity index (χ3v) is 5.20. The summed E-state index contributed by atoms with van der Waals surface area (Å²) in [5, 5.41) is 2.13. The first kappa shape index (κ1) is 13.1. The summed E-state index contributed by atoms with van der Waals surface area (Å²) < 4.78 is 5.33. The van der Waals surface area contributed by atoms with Crippen LogP contribution in [0, 0.1) is 5.92 Å². The van der Waals surface area contributed by atoms with Gasteiger partial charge in [0.1, 0.15) is 0 Å². The molecule has 0 aromatic carbocycles. The van der Waals surface area contributed by atoms with Gasteiger partial charge in [-0.1, -0.05) is 6.92 Å². The molecule has 1 aromatic rings. The topological polar surface area (TPSA) is 55.6 Å². The van der Waals surface area contributed by atoms with Crippen LogP contribution in [-0.4, -0.2) is 36.6 Å². The van der Waals surface area contributed by atoms with Gasteiger partial charge in [0.25, 0.3) is 0 Å². The number of carbonyl (C=O) groups excluding carboxylic acids is 1. The number of ether oxygens (including phenoxy) is 1. The number of hydrogen-bond donors (Lipinski definition) is 1. The maximum atomic E-state index is 12.7. The lowest BCUT2D eigenvalue weighted by atomic mass is 9.94. The number of nitrogens with zero attached hydrogens (tertiary/aromatic N) is 1. The number of fused-ring (bicyclic) bond motifs is 1.